The molecule has 4 aromatic rings. The molecule has 4 rings (SSSR count). The summed E-state index contributed by atoms with van der Waals surface area (Å²) in [5.41, 5.74) is 7.91. The smallest absolute Gasteiger partial charge is 0.0463 e. The Labute approximate surface area is 203 Å². The van der Waals surface area contributed by atoms with Crippen LogP contribution in [0.4, 0.5) is 22.7 Å². The van der Waals surface area contributed by atoms with Crippen molar-refractivity contribution in [2.45, 2.75) is 6.92 Å². The van der Waals surface area contributed by atoms with E-state index < -0.39 is 0 Å². The molecule has 34 heavy (non-hydrogen) atoms. The molecular formula is C32H30N2. The largest absolute Gasteiger partial charge is 0.345 e. The molecule has 2 heteroatoms. The van der Waals surface area contributed by atoms with Crippen LogP contribution in [0.15, 0.2) is 146 Å². The van der Waals surface area contributed by atoms with Crippen molar-refractivity contribution in [2.24, 2.45) is 0 Å². The van der Waals surface area contributed by atoms with E-state index in [0.29, 0.717) is 0 Å². The van der Waals surface area contributed by atoms with Gasteiger partial charge in [0, 0.05) is 35.5 Å². The molecule has 168 valence electrons. The molecule has 0 saturated heterocycles. The van der Waals surface area contributed by atoms with Gasteiger partial charge in [-0.1, -0.05) is 79.4 Å². The lowest BCUT2D eigenvalue weighted by atomic mass is 10.1. The third-order valence-electron chi connectivity index (χ3n) is 5.80. The van der Waals surface area contributed by atoms with Crippen molar-refractivity contribution in [1.29, 1.82) is 0 Å². The van der Waals surface area contributed by atoms with E-state index in [4.69, 9.17) is 0 Å². The van der Waals surface area contributed by atoms with E-state index in [-0.39, 0.29) is 0 Å². The normalized spacial score (nSPS) is 11.4. The van der Waals surface area contributed by atoms with Gasteiger partial charge in [0.2, 0.25) is 0 Å². The molecule has 0 unspecified atom stereocenters. The van der Waals surface area contributed by atoms with Crippen molar-refractivity contribution in [3.63, 3.8) is 0 Å². The van der Waals surface area contributed by atoms with Crippen LogP contribution >= 0.6 is 0 Å². The Bertz CT molecular complexity index is 1250. The zero-order valence-electron chi connectivity index (χ0n) is 19.8. The van der Waals surface area contributed by atoms with Gasteiger partial charge in [-0.05, 0) is 78.7 Å². The van der Waals surface area contributed by atoms with E-state index in [9.17, 15) is 0 Å². The zero-order valence-corrected chi connectivity index (χ0v) is 19.8. The summed E-state index contributed by atoms with van der Waals surface area (Å²) in [6, 6.07) is 38.2. The number of nitrogens with zero attached hydrogens (tertiary/aromatic N) is 2. The van der Waals surface area contributed by atoms with Gasteiger partial charge >= 0.3 is 0 Å². The first kappa shape index (κ1) is 22.9. The highest BCUT2D eigenvalue weighted by Gasteiger charge is 2.13. The van der Waals surface area contributed by atoms with Crippen molar-refractivity contribution in [2.75, 3.05) is 16.8 Å². The molecule has 0 heterocycles. The van der Waals surface area contributed by atoms with Crippen LogP contribution in [0.5, 0.6) is 0 Å². The number of hydrogen-bond acceptors (Lipinski definition) is 2. The van der Waals surface area contributed by atoms with Gasteiger partial charge in [-0.3, -0.25) is 0 Å². The highest BCUT2D eigenvalue weighted by atomic mass is 15.1. The molecule has 0 aliphatic carbocycles. The number of allylic oxidation sites excluding steroid dienone is 4. The van der Waals surface area contributed by atoms with E-state index in [0.717, 1.165) is 28.4 Å². The van der Waals surface area contributed by atoms with Gasteiger partial charge in [0.1, 0.15) is 0 Å². The number of anilines is 4. The molecule has 0 bridgehead atoms. The number of hydrogen-bond donors (Lipinski definition) is 0. The van der Waals surface area contributed by atoms with Gasteiger partial charge in [0.25, 0.3) is 0 Å². The molecule has 0 aliphatic heterocycles. The maximum atomic E-state index is 4.05. The summed E-state index contributed by atoms with van der Waals surface area (Å²) in [6.07, 6.45) is 8.03. The molecule has 4 aromatic carbocycles. The minimum Gasteiger partial charge on any atom is -0.345 e. The summed E-state index contributed by atoms with van der Waals surface area (Å²) >= 11 is 0. The Kier molecular flexibility index (Phi) is 7.42. The van der Waals surface area contributed by atoms with Crippen LogP contribution in [0.3, 0.4) is 0 Å². The Hall–Kier alpha value is -4.30. The molecule has 0 saturated carbocycles. The van der Waals surface area contributed by atoms with Gasteiger partial charge in [-0.2, -0.15) is 0 Å². The quantitative estimate of drug-likeness (QED) is 0.251. The monoisotopic (exact) mass is 442 g/mol. The van der Waals surface area contributed by atoms with Crippen LogP contribution in [0.1, 0.15) is 6.92 Å². The molecular weight excluding hydrogens is 412 g/mol. The third-order valence-corrected chi connectivity index (χ3v) is 5.80. The maximum absolute atomic E-state index is 4.05. The zero-order chi connectivity index (χ0) is 23.8. The van der Waals surface area contributed by atoms with Gasteiger partial charge in [0.15, 0.2) is 0 Å². The average Bonchev–Trinajstić information content (AvgIpc) is 2.92. The van der Waals surface area contributed by atoms with Crippen LogP contribution in [0.25, 0.3) is 11.1 Å². The SMILES string of the molecule is C=C/C(=C\C=C/C)N(c1ccccc1)c1ccc(N(C)c2ccc(-c3ccccc3)cc2)cc1. The maximum Gasteiger partial charge on any atom is 0.0463 e. The average molecular weight is 443 g/mol. The van der Waals surface area contributed by atoms with Crippen LogP contribution < -0.4 is 9.80 Å². The molecule has 0 aromatic heterocycles. The van der Waals surface area contributed by atoms with E-state index in [1.54, 1.807) is 0 Å². The van der Waals surface area contributed by atoms with Crippen molar-refractivity contribution < 1.29 is 0 Å². The highest BCUT2D eigenvalue weighted by molar-refractivity contribution is 5.74. The van der Waals surface area contributed by atoms with Crippen molar-refractivity contribution >= 4 is 22.7 Å². The molecule has 0 fully saturated rings. The third kappa shape index (κ3) is 5.19. The Balaban J connectivity index is 1.61. The minimum atomic E-state index is 1.02. The molecule has 2 nitrogen and oxygen atoms in total. The summed E-state index contributed by atoms with van der Waals surface area (Å²) in [5, 5.41) is 0. The number of benzene rings is 4. The van der Waals surface area contributed by atoms with Crippen molar-refractivity contribution in [3.8, 4) is 11.1 Å². The molecule has 0 radical (unpaired) electrons. The minimum absolute atomic E-state index is 1.02. The standard InChI is InChI=1S/C32H30N2/c1-4-6-15-28(5-2)34(31-16-11-8-12-17-31)32-24-22-30(23-25-32)33(3)29-20-18-27(19-21-29)26-13-9-7-10-14-26/h4-25H,2H2,1,3H3/b6-4-,28-15+. The first-order valence-corrected chi connectivity index (χ1v) is 11.5. The summed E-state index contributed by atoms with van der Waals surface area (Å²) in [5.74, 6) is 0. The fraction of sp³-hybridized carbons (Fsp3) is 0.0625. The lowest BCUT2D eigenvalue weighted by Crippen LogP contribution is -2.15. The van der Waals surface area contributed by atoms with Crippen molar-refractivity contribution in [1.82, 2.24) is 0 Å². The molecule has 0 amide bonds. The second-order valence-corrected chi connectivity index (χ2v) is 7.98. The van der Waals surface area contributed by atoms with Crippen molar-refractivity contribution in [3.05, 3.63) is 146 Å². The molecule has 0 aliphatic rings. The second-order valence-electron chi connectivity index (χ2n) is 7.98. The fourth-order valence-corrected chi connectivity index (χ4v) is 3.94. The summed E-state index contributed by atoms with van der Waals surface area (Å²) in [6.45, 7) is 6.06. The topological polar surface area (TPSA) is 6.48 Å². The lowest BCUT2D eigenvalue weighted by molar-refractivity contribution is 1.19. The number of rotatable bonds is 8. The van der Waals surface area contributed by atoms with Crippen LogP contribution in [0.2, 0.25) is 0 Å². The van der Waals surface area contributed by atoms with E-state index in [2.05, 4.69) is 127 Å². The summed E-state index contributed by atoms with van der Waals surface area (Å²) in [4.78, 5) is 4.42. The van der Waals surface area contributed by atoms with Gasteiger partial charge in [0.05, 0.1) is 0 Å². The highest BCUT2D eigenvalue weighted by Crippen LogP contribution is 2.33. The fourth-order valence-electron chi connectivity index (χ4n) is 3.94. The molecule has 0 atom stereocenters. The molecule has 0 N–H and O–H groups in total. The van der Waals surface area contributed by atoms with Gasteiger partial charge in [-0.25, -0.2) is 0 Å². The Morgan fingerprint density at radius 1 is 0.618 bits per heavy atom. The first-order chi connectivity index (χ1) is 16.7. The van der Waals surface area contributed by atoms with Gasteiger partial charge < -0.3 is 9.80 Å². The van der Waals surface area contributed by atoms with Gasteiger partial charge in [-0.15, -0.1) is 0 Å². The summed E-state index contributed by atoms with van der Waals surface area (Å²) < 4.78 is 0. The van der Waals surface area contributed by atoms with Crippen LogP contribution in [-0.2, 0) is 0 Å². The Morgan fingerprint density at radius 2 is 1.09 bits per heavy atom. The predicted octanol–water partition coefficient (Wildman–Crippen LogP) is 8.91. The summed E-state index contributed by atoms with van der Waals surface area (Å²) in [7, 11) is 2.10. The Morgan fingerprint density at radius 3 is 1.65 bits per heavy atom. The van der Waals surface area contributed by atoms with E-state index in [1.165, 1.54) is 11.1 Å². The number of para-hydroxylation sites is 1. The van der Waals surface area contributed by atoms with Crippen LogP contribution in [-0.4, -0.2) is 7.05 Å². The predicted molar refractivity (Wildman–Crippen MR) is 148 cm³/mol. The van der Waals surface area contributed by atoms with Crippen LogP contribution in [0, 0.1) is 0 Å². The molecule has 0 spiro atoms. The lowest BCUT2D eigenvalue weighted by Gasteiger charge is -2.27. The first-order valence-electron chi connectivity index (χ1n) is 11.5. The van der Waals surface area contributed by atoms with E-state index >= 15 is 0 Å². The van der Waals surface area contributed by atoms with E-state index in [1.807, 2.05) is 37.3 Å². The second kappa shape index (κ2) is 11.0.